The molecule has 0 fully saturated rings. The molecule has 2 heteroatoms. The van der Waals surface area contributed by atoms with Crippen LogP contribution in [-0.2, 0) is 6.42 Å². The van der Waals surface area contributed by atoms with Crippen LogP contribution < -0.4 is 0 Å². The third-order valence-corrected chi connectivity index (χ3v) is 2.01. The van der Waals surface area contributed by atoms with Crippen LogP contribution in [0.3, 0.4) is 0 Å². The molecule has 0 atom stereocenters. The smallest absolute Gasteiger partial charge is 0.173 e. The molecule has 0 aliphatic heterocycles. The van der Waals surface area contributed by atoms with Gasteiger partial charge in [0.2, 0.25) is 0 Å². The average Bonchev–Trinajstić information content (AvgIpc) is 2.20. The zero-order chi connectivity index (χ0) is 10.4. The van der Waals surface area contributed by atoms with Gasteiger partial charge in [-0.2, -0.15) is 8.78 Å². The first-order valence-electron chi connectivity index (χ1n) is 4.44. The minimum atomic E-state index is -1.63. The molecular formula is C12H12F2. The summed E-state index contributed by atoms with van der Waals surface area (Å²) in [6.45, 7) is 3.36. The molecule has 0 bridgehead atoms. The predicted octanol–water partition coefficient (Wildman–Crippen LogP) is 3.96. The lowest BCUT2D eigenvalue weighted by molar-refractivity contribution is 0.411. The molecule has 0 unspecified atom stereocenters. The SMILES string of the molecule is C=CC(CCc1ccccc1)=C(F)F. The fourth-order valence-electron chi connectivity index (χ4n) is 1.20. The Morgan fingerprint density at radius 2 is 1.86 bits per heavy atom. The van der Waals surface area contributed by atoms with Gasteiger partial charge in [0, 0.05) is 5.57 Å². The molecular weight excluding hydrogens is 182 g/mol. The van der Waals surface area contributed by atoms with E-state index in [1.807, 2.05) is 30.3 Å². The second-order valence-electron chi connectivity index (χ2n) is 2.98. The molecule has 0 aliphatic rings. The first kappa shape index (κ1) is 10.6. The van der Waals surface area contributed by atoms with Crippen LogP contribution >= 0.6 is 0 Å². The molecule has 1 rings (SSSR count). The number of allylic oxidation sites excluding steroid dienone is 2. The van der Waals surface area contributed by atoms with Crippen molar-refractivity contribution in [1.29, 1.82) is 0 Å². The Hall–Kier alpha value is -1.44. The minimum absolute atomic E-state index is 0.0360. The monoisotopic (exact) mass is 194 g/mol. The Morgan fingerprint density at radius 3 is 2.36 bits per heavy atom. The van der Waals surface area contributed by atoms with Crippen molar-refractivity contribution in [2.24, 2.45) is 0 Å². The van der Waals surface area contributed by atoms with Gasteiger partial charge in [0.15, 0.2) is 0 Å². The van der Waals surface area contributed by atoms with Crippen molar-refractivity contribution in [2.45, 2.75) is 12.8 Å². The van der Waals surface area contributed by atoms with E-state index >= 15 is 0 Å². The first-order valence-corrected chi connectivity index (χ1v) is 4.44. The summed E-state index contributed by atoms with van der Waals surface area (Å²) in [6.07, 6.45) is 0.559. The summed E-state index contributed by atoms with van der Waals surface area (Å²) in [5.74, 6) is 0. The van der Waals surface area contributed by atoms with E-state index in [9.17, 15) is 8.78 Å². The van der Waals surface area contributed by atoms with Gasteiger partial charge in [-0.25, -0.2) is 0 Å². The van der Waals surface area contributed by atoms with Crippen molar-refractivity contribution in [3.05, 3.63) is 60.2 Å². The molecule has 0 N–H and O–H groups in total. The Morgan fingerprint density at radius 1 is 1.21 bits per heavy atom. The van der Waals surface area contributed by atoms with Crippen LogP contribution in [0.25, 0.3) is 0 Å². The van der Waals surface area contributed by atoms with Crippen molar-refractivity contribution in [1.82, 2.24) is 0 Å². The Balaban J connectivity index is 2.57. The van der Waals surface area contributed by atoms with Crippen molar-refractivity contribution in [3.8, 4) is 0 Å². The fraction of sp³-hybridized carbons (Fsp3) is 0.167. The number of halogens is 2. The van der Waals surface area contributed by atoms with Gasteiger partial charge in [-0.3, -0.25) is 0 Å². The van der Waals surface area contributed by atoms with Crippen LogP contribution in [0.15, 0.2) is 54.6 Å². The molecule has 0 heterocycles. The molecule has 1 aromatic rings. The summed E-state index contributed by atoms with van der Waals surface area (Å²) in [5.41, 5.74) is 1.10. The molecule has 0 aromatic heterocycles. The molecule has 0 amide bonds. The lowest BCUT2D eigenvalue weighted by Crippen LogP contribution is -1.87. The van der Waals surface area contributed by atoms with Crippen LogP contribution in [0.5, 0.6) is 0 Å². The number of hydrogen-bond acceptors (Lipinski definition) is 0. The molecule has 0 aliphatic carbocycles. The zero-order valence-electron chi connectivity index (χ0n) is 7.84. The predicted molar refractivity (Wildman–Crippen MR) is 54.2 cm³/mol. The van der Waals surface area contributed by atoms with E-state index in [0.29, 0.717) is 12.8 Å². The number of aryl methyl sites for hydroxylation is 1. The van der Waals surface area contributed by atoms with Crippen molar-refractivity contribution in [2.75, 3.05) is 0 Å². The molecule has 0 saturated heterocycles. The van der Waals surface area contributed by atoms with Crippen molar-refractivity contribution < 1.29 is 8.78 Å². The van der Waals surface area contributed by atoms with Gasteiger partial charge in [-0.1, -0.05) is 43.0 Å². The highest BCUT2D eigenvalue weighted by molar-refractivity contribution is 5.21. The maximum absolute atomic E-state index is 12.2. The fourth-order valence-corrected chi connectivity index (χ4v) is 1.20. The summed E-state index contributed by atoms with van der Waals surface area (Å²) in [6, 6.07) is 9.56. The maximum atomic E-state index is 12.2. The molecule has 1 aromatic carbocycles. The Labute approximate surface area is 82.6 Å². The van der Waals surface area contributed by atoms with Gasteiger partial charge in [0.25, 0.3) is 6.08 Å². The van der Waals surface area contributed by atoms with Gasteiger partial charge in [-0.05, 0) is 18.4 Å². The summed E-state index contributed by atoms with van der Waals surface area (Å²) >= 11 is 0. The molecule has 14 heavy (non-hydrogen) atoms. The number of rotatable bonds is 4. The third-order valence-electron chi connectivity index (χ3n) is 2.01. The lowest BCUT2D eigenvalue weighted by Gasteiger charge is -2.01. The average molecular weight is 194 g/mol. The van der Waals surface area contributed by atoms with E-state index < -0.39 is 6.08 Å². The van der Waals surface area contributed by atoms with Crippen LogP contribution in [0.1, 0.15) is 12.0 Å². The number of benzene rings is 1. The quantitative estimate of drug-likeness (QED) is 0.636. The highest BCUT2D eigenvalue weighted by atomic mass is 19.3. The summed E-state index contributed by atoms with van der Waals surface area (Å²) in [4.78, 5) is 0. The maximum Gasteiger partial charge on any atom is 0.273 e. The van der Waals surface area contributed by atoms with Gasteiger partial charge in [0.05, 0.1) is 0 Å². The first-order chi connectivity index (χ1) is 6.74. The van der Waals surface area contributed by atoms with Gasteiger partial charge in [0.1, 0.15) is 0 Å². The number of hydrogen-bond donors (Lipinski definition) is 0. The van der Waals surface area contributed by atoms with Crippen LogP contribution in [-0.4, -0.2) is 0 Å². The molecule has 74 valence electrons. The van der Waals surface area contributed by atoms with E-state index in [1.54, 1.807) is 0 Å². The van der Waals surface area contributed by atoms with E-state index in [2.05, 4.69) is 6.58 Å². The van der Waals surface area contributed by atoms with Crippen LogP contribution in [0.4, 0.5) is 8.78 Å². The van der Waals surface area contributed by atoms with E-state index in [0.717, 1.165) is 5.56 Å². The highest BCUT2D eigenvalue weighted by Crippen LogP contribution is 2.15. The standard InChI is InChI=1S/C12H12F2/c1-2-11(12(13)14)9-8-10-6-4-3-5-7-10/h2-7H,1,8-9H2. The minimum Gasteiger partial charge on any atom is -0.173 e. The zero-order valence-corrected chi connectivity index (χ0v) is 7.84. The van der Waals surface area contributed by atoms with Gasteiger partial charge < -0.3 is 0 Å². The topological polar surface area (TPSA) is 0 Å². The largest absolute Gasteiger partial charge is 0.273 e. The van der Waals surface area contributed by atoms with Gasteiger partial charge in [-0.15, -0.1) is 0 Å². The summed E-state index contributed by atoms with van der Waals surface area (Å²) < 4.78 is 24.4. The molecule has 0 spiro atoms. The molecule has 0 radical (unpaired) electrons. The van der Waals surface area contributed by atoms with Gasteiger partial charge >= 0.3 is 0 Å². The summed E-state index contributed by atoms with van der Waals surface area (Å²) in [5, 5.41) is 0. The van der Waals surface area contributed by atoms with E-state index in [1.165, 1.54) is 6.08 Å². The Kier molecular flexibility index (Phi) is 4.05. The normalized spacial score (nSPS) is 9.57. The third kappa shape index (κ3) is 3.13. The lowest BCUT2D eigenvalue weighted by atomic mass is 10.1. The van der Waals surface area contributed by atoms with E-state index in [4.69, 9.17) is 0 Å². The molecule has 0 nitrogen and oxygen atoms in total. The van der Waals surface area contributed by atoms with Crippen LogP contribution in [0, 0.1) is 0 Å². The Bertz CT molecular complexity index is 321. The second kappa shape index (κ2) is 5.32. The summed E-state index contributed by atoms with van der Waals surface area (Å²) in [7, 11) is 0. The second-order valence-corrected chi connectivity index (χ2v) is 2.98. The van der Waals surface area contributed by atoms with Crippen molar-refractivity contribution >= 4 is 0 Å². The van der Waals surface area contributed by atoms with Crippen molar-refractivity contribution in [3.63, 3.8) is 0 Å². The van der Waals surface area contributed by atoms with Crippen LogP contribution in [0.2, 0.25) is 0 Å². The molecule has 0 saturated carbocycles. The highest BCUT2D eigenvalue weighted by Gasteiger charge is 2.01. The van der Waals surface area contributed by atoms with E-state index in [-0.39, 0.29) is 5.57 Å².